The summed E-state index contributed by atoms with van der Waals surface area (Å²) >= 11 is 0. The summed E-state index contributed by atoms with van der Waals surface area (Å²) in [6.07, 6.45) is 0.371. The molecule has 1 fully saturated rings. The zero-order valence-electron chi connectivity index (χ0n) is 20.1. The molecule has 3 aromatic carbocycles. The van der Waals surface area contributed by atoms with Gasteiger partial charge in [0.15, 0.2) is 0 Å². The number of nitrogens with zero attached hydrogens (tertiary/aromatic N) is 1. The Morgan fingerprint density at radius 1 is 1.05 bits per heavy atom. The van der Waals surface area contributed by atoms with E-state index < -0.39 is 27.8 Å². The first-order valence-corrected chi connectivity index (χ1v) is 13.5. The van der Waals surface area contributed by atoms with E-state index in [1.54, 1.807) is 31.2 Å². The predicted octanol–water partition coefficient (Wildman–Crippen LogP) is 5.22. The van der Waals surface area contributed by atoms with Crippen molar-refractivity contribution in [1.29, 1.82) is 0 Å². The first-order valence-electron chi connectivity index (χ1n) is 12.0. The normalized spacial score (nSPS) is 17.6. The van der Waals surface area contributed by atoms with E-state index in [0.29, 0.717) is 5.56 Å². The Morgan fingerprint density at radius 2 is 1.84 bits per heavy atom. The highest BCUT2D eigenvalue weighted by atomic mass is 32.2. The number of hydrogen-bond donors (Lipinski definition) is 0. The van der Waals surface area contributed by atoms with Crippen LogP contribution in [0.4, 0.5) is 14.5 Å². The van der Waals surface area contributed by atoms with Gasteiger partial charge < -0.3 is 4.74 Å². The third-order valence-electron chi connectivity index (χ3n) is 6.82. The number of benzene rings is 3. The van der Waals surface area contributed by atoms with Gasteiger partial charge in [0.2, 0.25) is 0 Å². The molecule has 37 heavy (non-hydrogen) atoms. The summed E-state index contributed by atoms with van der Waals surface area (Å²) in [5, 5.41) is 0. The van der Waals surface area contributed by atoms with Crippen LogP contribution in [-0.2, 0) is 19.6 Å². The number of ketones is 2. The highest BCUT2D eigenvalue weighted by Gasteiger charge is 2.37. The van der Waals surface area contributed by atoms with Crippen molar-refractivity contribution in [2.45, 2.75) is 43.6 Å². The van der Waals surface area contributed by atoms with Gasteiger partial charge in [-0.05, 0) is 66.9 Å². The molecule has 5 rings (SSSR count). The number of hydrogen-bond acceptors (Lipinski definition) is 5. The van der Waals surface area contributed by atoms with Gasteiger partial charge in [0.05, 0.1) is 17.1 Å². The Bertz CT molecular complexity index is 1500. The smallest absolute Gasteiger partial charge is 0.264 e. The number of rotatable bonds is 7. The van der Waals surface area contributed by atoms with Gasteiger partial charge in [-0.15, -0.1) is 0 Å². The summed E-state index contributed by atoms with van der Waals surface area (Å²) in [5.41, 5.74) is 1.27. The molecule has 1 saturated carbocycles. The molecule has 0 saturated heterocycles. The van der Waals surface area contributed by atoms with E-state index in [1.807, 2.05) is 0 Å². The summed E-state index contributed by atoms with van der Waals surface area (Å²) in [5.74, 6) is -1.22. The van der Waals surface area contributed by atoms with Crippen LogP contribution in [0.1, 0.15) is 31.2 Å². The van der Waals surface area contributed by atoms with E-state index in [2.05, 4.69) is 0 Å². The molecule has 1 aliphatic carbocycles. The summed E-state index contributed by atoms with van der Waals surface area (Å²) in [6, 6.07) is 14.1. The van der Waals surface area contributed by atoms with E-state index in [1.165, 1.54) is 22.5 Å². The molecule has 9 heteroatoms. The lowest BCUT2D eigenvalue weighted by molar-refractivity contribution is -0.137. The van der Waals surface area contributed by atoms with Gasteiger partial charge >= 0.3 is 0 Å². The number of halogens is 2. The van der Waals surface area contributed by atoms with E-state index in [9.17, 15) is 26.8 Å². The summed E-state index contributed by atoms with van der Waals surface area (Å²) in [4.78, 5) is 23.8. The van der Waals surface area contributed by atoms with Crippen LogP contribution in [0.2, 0.25) is 0 Å². The van der Waals surface area contributed by atoms with E-state index >= 15 is 0 Å². The van der Waals surface area contributed by atoms with Crippen molar-refractivity contribution in [3.8, 4) is 16.9 Å². The van der Waals surface area contributed by atoms with Gasteiger partial charge in [-0.1, -0.05) is 18.2 Å². The zero-order valence-corrected chi connectivity index (χ0v) is 20.9. The van der Waals surface area contributed by atoms with Crippen molar-refractivity contribution < 1.29 is 31.5 Å². The maximum absolute atomic E-state index is 14.5. The second kappa shape index (κ2) is 9.70. The van der Waals surface area contributed by atoms with Gasteiger partial charge in [0.1, 0.15) is 35.1 Å². The minimum Gasteiger partial charge on any atom is -0.486 e. The van der Waals surface area contributed by atoms with Crippen LogP contribution < -0.4 is 9.04 Å². The SMILES string of the molecule is Cc1cccc(S(=O)(=O)N2C[C@H](CCC(=O)C3CC(=O)C3)Oc3ccc(-c4cc(F)ccc4F)cc32)c1. The number of anilines is 1. The van der Waals surface area contributed by atoms with Gasteiger partial charge in [-0.3, -0.25) is 13.9 Å². The number of carbonyl (C=O) groups excluding carboxylic acids is 2. The number of carbonyl (C=O) groups is 2. The first kappa shape index (κ1) is 25.1. The van der Waals surface area contributed by atoms with Crippen LogP contribution in [0.25, 0.3) is 11.1 Å². The zero-order chi connectivity index (χ0) is 26.3. The second-order valence-electron chi connectivity index (χ2n) is 9.55. The van der Waals surface area contributed by atoms with Crippen molar-refractivity contribution in [3.63, 3.8) is 0 Å². The molecule has 6 nitrogen and oxygen atoms in total. The molecule has 0 bridgehead atoms. The molecule has 0 aromatic heterocycles. The highest BCUT2D eigenvalue weighted by molar-refractivity contribution is 7.92. The molecule has 0 spiro atoms. The molecular formula is C28H25F2NO5S. The van der Waals surface area contributed by atoms with Crippen molar-refractivity contribution in [3.05, 3.63) is 77.9 Å². The number of aryl methyl sites for hydroxylation is 1. The third kappa shape index (κ3) is 5.00. The van der Waals surface area contributed by atoms with Crippen LogP contribution in [0.5, 0.6) is 5.75 Å². The monoisotopic (exact) mass is 525 g/mol. The van der Waals surface area contributed by atoms with Gasteiger partial charge in [0, 0.05) is 30.7 Å². The van der Waals surface area contributed by atoms with Crippen molar-refractivity contribution in [2.24, 2.45) is 5.92 Å². The molecule has 1 atom stereocenters. The lowest BCUT2D eigenvalue weighted by Gasteiger charge is -2.36. The van der Waals surface area contributed by atoms with Crippen molar-refractivity contribution in [1.82, 2.24) is 0 Å². The Kier molecular flexibility index (Phi) is 6.58. The minimum atomic E-state index is -4.05. The van der Waals surface area contributed by atoms with E-state index in [4.69, 9.17) is 4.74 Å². The average Bonchev–Trinajstić information content (AvgIpc) is 2.86. The summed E-state index contributed by atoms with van der Waals surface area (Å²) in [7, 11) is -4.05. The fraction of sp³-hybridized carbons (Fsp3) is 0.286. The quantitative estimate of drug-likeness (QED) is 0.422. The fourth-order valence-corrected chi connectivity index (χ4v) is 6.31. The summed E-state index contributed by atoms with van der Waals surface area (Å²) in [6.45, 7) is 1.73. The van der Waals surface area contributed by atoms with Crippen LogP contribution in [0.15, 0.2) is 65.6 Å². The van der Waals surface area contributed by atoms with Crippen LogP contribution in [0, 0.1) is 24.5 Å². The maximum Gasteiger partial charge on any atom is 0.264 e. The lowest BCUT2D eigenvalue weighted by Crippen LogP contribution is -2.44. The third-order valence-corrected chi connectivity index (χ3v) is 8.60. The Morgan fingerprint density at radius 3 is 2.57 bits per heavy atom. The minimum absolute atomic E-state index is 0.00142. The molecule has 3 aromatic rings. The average molecular weight is 526 g/mol. The standard InChI is InChI=1S/C28H25F2NO5S/c1-17-3-2-4-23(11-17)37(34,35)31-16-22(7-9-27(33)19-12-21(32)13-19)36-28-10-5-18(14-26(28)31)24-15-20(29)6-8-25(24)30/h2-6,8,10-11,14-15,19,22H,7,9,12-13,16H2,1H3/t22-/m0/s1. The first-order chi connectivity index (χ1) is 17.6. The Balaban J connectivity index is 1.50. The number of ether oxygens (including phenoxy) is 1. The van der Waals surface area contributed by atoms with E-state index in [-0.39, 0.29) is 71.6 Å². The highest BCUT2D eigenvalue weighted by Crippen LogP contribution is 2.41. The molecule has 2 aliphatic rings. The van der Waals surface area contributed by atoms with Crippen LogP contribution in [0.3, 0.4) is 0 Å². The van der Waals surface area contributed by atoms with Gasteiger partial charge in [0.25, 0.3) is 10.0 Å². The lowest BCUT2D eigenvalue weighted by atomic mass is 9.79. The molecule has 1 aliphatic heterocycles. The molecule has 1 heterocycles. The second-order valence-corrected chi connectivity index (χ2v) is 11.4. The molecule has 0 amide bonds. The van der Waals surface area contributed by atoms with Gasteiger partial charge in [-0.2, -0.15) is 0 Å². The van der Waals surface area contributed by atoms with Crippen molar-refractivity contribution in [2.75, 3.05) is 10.8 Å². The molecule has 0 radical (unpaired) electrons. The Hall–Kier alpha value is -3.59. The number of sulfonamides is 1. The molecule has 192 valence electrons. The predicted molar refractivity (Wildman–Crippen MR) is 134 cm³/mol. The van der Waals surface area contributed by atoms with E-state index in [0.717, 1.165) is 23.8 Å². The fourth-order valence-electron chi connectivity index (χ4n) is 4.70. The largest absolute Gasteiger partial charge is 0.486 e. The molecule has 0 unspecified atom stereocenters. The summed E-state index contributed by atoms with van der Waals surface area (Å²) < 4.78 is 63.2. The Labute approximate surface area is 213 Å². The molecular weight excluding hydrogens is 500 g/mol. The number of fused-ring (bicyclic) bond motifs is 1. The number of Topliss-reactive ketones (excluding diaryl/α,β-unsaturated/α-hetero) is 2. The van der Waals surface area contributed by atoms with Crippen molar-refractivity contribution >= 4 is 27.3 Å². The van der Waals surface area contributed by atoms with Gasteiger partial charge in [-0.25, -0.2) is 17.2 Å². The van der Waals surface area contributed by atoms with Crippen LogP contribution >= 0.6 is 0 Å². The van der Waals surface area contributed by atoms with Crippen LogP contribution in [-0.4, -0.2) is 32.6 Å². The topological polar surface area (TPSA) is 80.8 Å². The maximum atomic E-state index is 14.5. The molecule has 0 N–H and O–H groups in total.